The maximum absolute atomic E-state index is 14.3. The number of nitriles is 1. The molecule has 24 N–H and O–H groups in total. The first-order chi connectivity index (χ1) is 37.2. The van der Waals surface area contributed by atoms with Crippen LogP contribution in [0.4, 0.5) is 0 Å². The predicted molar refractivity (Wildman–Crippen MR) is 288 cm³/mol. The summed E-state index contributed by atoms with van der Waals surface area (Å²) < 4.78 is 0. The molecule has 1 saturated heterocycles. The molecule has 1 heterocycles. The number of unbranched alkanes of at least 4 members (excludes halogenated alkanes) is 2. The molecule has 2 rings (SSSR count). The van der Waals surface area contributed by atoms with Gasteiger partial charge in [0.2, 0.25) is 41.4 Å². The van der Waals surface area contributed by atoms with Gasteiger partial charge in [-0.1, -0.05) is 24.6 Å². The highest BCUT2D eigenvalue weighted by Crippen LogP contribution is 2.21. The second kappa shape index (κ2) is 36.8. The molecule has 28 nitrogen and oxygen atoms in total. The van der Waals surface area contributed by atoms with Crippen molar-refractivity contribution in [2.24, 2.45) is 50.9 Å². The van der Waals surface area contributed by atoms with Crippen molar-refractivity contribution in [1.82, 2.24) is 36.8 Å². The summed E-state index contributed by atoms with van der Waals surface area (Å²) in [7, 11) is 0. The lowest BCUT2D eigenvalue weighted by atomic mass is 9.97. The molecule has 0 unspecified atom stereocenters. The normalized spacial score (nSPS) is 15.9. The number of benzene rings is 1. The number of nitrogens with zero attached hydrogens (tertiary/aromatic N) is 3. The molecule has 0 aliphatic carbocycles. The zero-order valence-electron chi connectivity index (χ0n) is 44.3. The van der Waals surface area contributed by atoms with Crippen molar-refractivity contribution in [2.75, 3.05) is 52.4 Å². The molecule has 1 aromatic rings. The number of carbonyl (C=O) groups excluding carboxylic acids is 8. The summed E-state index contributed by atoms with van der Waals surface area (Å²) in [6.07, 6.45) is 2.70. The van der Waals surface area contributed by atoms with Crippen LogP contribution < -0.4 is 77.8 Å². The molecular weight excluding hydrogens is 1010 g/mol. The van der Waals surface area contributed by atoms with E-state index in [0.717, 1.165) is 0 Å². The summed E-state index contributed by atoms with van der Waals surface area (Å²) in [6, 6.07) is -0.482. The Balaban J connectivity index is 2.30. The Kier molecular flexibility index (Phi) is 31.6. The van der Waals surface area contributed by atoms with Crippen molar-refractivity contribution < 1.29 is 53.4 Å². The minimum Gasteiger partial charge on any atom is -0.478 e. The van der Waals surface area contributed by atoms with Crippen molar-refractivity contribution >= 4 is 59.1 Å². The van der Waals surface area contributed by atoms with E-state index in [1.54, 1.807) is 12.1 Å². The number of aliphatic imine (C=N–C) groups is 1. The highest BCUT2D eigenvalue weighted by atomic mass is 16.4. The Bertz CT molecular complexity index is 2240. The first-order valence-corrected chi connectivity index (χ1v) is 26.3. The summed E-state index contributed by atoms with van der Waals surface area (Å²) in [4.78, 5) is 127. The zero-order chi connectivity index (χ0) is 58.2. The number of nitrogens with two attached hydrogens (primary N) is 8. The molecule has 434 valence electrons. The summed E-state index contributed by atoms with van der Waals surface area (Å²) in [5.74, 6) is -7.39. The van der Waals surface area contributed by atoms with Gasteiger partial charge in [0.25, 0.3) is 0 Å². The number of Topliss-reactive ketones (excluding diaryl/α,β-unsaturated/α-hetero) is 1. The molecule has 7 amide bonds. The average Bonchev–Trinajstić information content (AvgIpc) is 3.93. The highest BCUT2D eigenvalue weighted by molar-refractivity contribution is 5.98. The van der Waals surface area contributed by atoms with Crippen LogP contribution in [0, 0.1) is 11.3 Å². The van der Waals surface area contributed by atoms with E-state index < -0.39 is 115 Å². The van der Waals surface area contributed by atoms with Gasteiger partial charge >= 0.3 is 5.97 Å². The van der Waals surface area contributed by atoms with E-state index in [-0.39, 0.29) is 102 Å². The molecule has 28 heteroatoms. The van der Waals surface area contributed by atoms with Crippen LogP contribution in [0.2, 0.25) is 0 Å². The van der Waals surface area contributed by atoms with Gasteiger partial charge in [-0.2, -0.15) is 5.26 Å². The third kappa shape index (κ3) is 24.0. The van der Waals surface area contributed by atoms with Gasteiger partial charge in [0, 0.05) is 38.0 Å². The highest BCUT2D eigenvalue weighted by Gasteiger charge is 2.40. The van der Waals surface area contributed by atoms with Crippen LogP contribution in [0.1, 0.15) is 101 Å². The Labute approximate surface area is 454 Å². The first kappa shape index (κ1) is 67.0. The minimum atomic E-state index is -1.61. The molecule has 0 radical (unpaired) electrons. The first-order valence-electron chi connectivity index (χ1n) is 26.3. The number of hydrogen-bond acceptors (Lipinski definition) is 18. The topological polar surface area (TPSA) is 514 Å². The molecule has 1 aromatic carbocycles. The number of aliphatic carboxylic acids is 1. The fourth-order valence-electron chi connectivity index (χ4n) is 8.36. The number of aliphatic hydroxyl groups is 1. The van der Waals surface area contributed by atoms with Crippen LogP contribution in [-0.2, 0) is 49.6 Å². The number of guanidine groups is 1. The van der Waals surface area contributed by atoms with Crippen molar-refractivity contribution in [3.8, 4) is 6.07 Å². The molecule has 1 fully saturated rings. The summed E-state index contributed by atoms with van der Waals surface area (Å²) in [6.45, 7) is -0.196. The maximum atomic E-state index is 14.3. The van der Waals surface area contributed by atoms with Gasteiger partial charge in [0.05, 0.1) is 36.4 Å². The van der Waals surface area contributed by atoms with E-state index in [4.69, 9.17) is 45.9 Å². The van der Waals surface area contributed by atoms with Gasteiger partial charge in [-0.3, -0.25) is 43.3 Å². The largest absolute Gasteiger partial charge is 0.478 e. The standard InChI is InChI=1S/C50H83N17O11/c51-20-3-1-9-33(57)43(71)66-42(40(69)28-56)47(75)64-35(19-23-54)44(72)61-29-41(70)62-36(11-5-22-53)48(76)67-25-7-12-38(67)46(74)65-37(26-30-13-15-31(27-55)16-14-30)45(73)63-34(10-2-4-21-52)39(68)18-17-32(49(77)78)8-6-24-60-50(58)59/h8,13-16,33-38,40,42,69H,1-7,9-12,17-26,28-29,51-54,56-57H2,(H,61,72)(H,62,70)(H,63,73)(H,64,75)(H,65,74)(H,66,71)(H,77,78)(H4,58,59,60)/b32-8+/t33-,34-,35-,36+,37-,38-,40-,42-/m0/s1. The Morgan fingerprint density at radius 3 is 1.97 bits per heavy atom. The number of likely N-dealkylation sites (tertiary alicyclic amines) is 1. The number of rotatable bonds is 38. The number of amides is 7. The summed E-state index contributed by atoms with van der Waals surface area (Å²) >= 11 is 0. The fraction of sp³-hybridized carbons (Fsp3) is 0.620. The molecule has 0 spiro atoms. The second-order valence-corrected chi connectivity index (χ2v) is 18.8. The van der Waals surface area contributed by atoms with Crippen molar-refractivity contribution in [1.29, 1.82) is 5.26 Å². The van der Waals surface area contributed by atoms with E-state index in [9.17, 15) is 58.6 Å². The summed E-state index contributed by atoms with van der Waals surface area (Å²) in [5, 5.41) is 45.1. The van der Waals surface area contributed by atoms with E-state index in [2.05, 4.69) is 36.9 Å². The van der Waals surface area contributed by atoms with E-state index in [1.165, 1.54) is 23.1 Å². The Morgan fingerprint density at radius 1 is 0.731 bits per heavy atom. The second-order valence-electron chi connectivity index (χ2n) is 18.8. The van der Waals surface area contributed by atoms with Crippen LogP contribution in [0.5, 0.6) is 0 Å². The monoisotopic (exact) mass is 1100 g/mol. The lowest BCUT2D eigenvalue weighted by Crippen LogP contribution is -2.61. The van der Waals surface area contributed by atoms with Crippen LogP contribution in [-0.4, -0.2) is 175 Å². The molecule has 8 atom stereocenters. The van der Waals surface area contributed by atoms with Gasteiger partial charge in [0.1, 0.15) is 30.2 Å². The van der Waals surface area contributed by atoms with Crippen LogP contribution in [0.15, 0.2) is 40.9 Å². The van der Waals surface area contributed by atoms with Gasteiger partial charge in [-0.05, 0) is 121 Å². The third-order valence-electron chi connectivity index (χ3n) is 12.7. The SMILES string of the molecule is N#Cc1ccc(C[C@H](NC(=O)[C@@H]2CCCN2C(=O)[C@@H](CCCN)NC(=O)CNC(=O)[C@H](CCN)NC(=O)[C@@H](NC(=O)[C@@H](N)CCCCN)[C@@H](O)CN)C(=O)N[C@@H](CCCCN)C(=O)CC/C(=C\CCN=C(N)N)C(=O)O)cc1. The van der Waals surface area contributed by atoms with Gasteiger partial charge in [0.15, 0.2) is 11.7 Å². The number of ketones is 1. The van der Waals surface area contributed by atoms with Crippen molar-refractivity contribution in [2.45, 2.75) is 145 Å². The minimum absolute atomic E-state index is 0.0317. The maximum Gasteiger partial charge on any atom is 0.331 e. The zero-order valence-corrected chi connectivity index (χ0v) is 44.3. The molecule has 78 heavy (non-hydrogen) atoms. The number of carbonyl (C=O) groups is 9. The lowest BCUT2D eigenvalue weighted by Gasteiger charge is -2.30. The van der Waals surface area contributed by atoms with E-state index in [0.29, 0.717) is 56.3 Å². The van der Waals surface area contributed by atoms with Crippen LogP contribution in [0.25, 0.3) is 0 Å². The lowest BCUT2D eigenvalue weighted by molar-refractivity contribution is -0.142. The van der Waals surface area contributed by atoms with Gasteiger partial charge in [-0.15, -0.1) is 0 Å². The fourth-order valence-corrected chi connectivity index (χ4v) is 8.36. The molecule has 1 aliphatic heterocycles. The number of carboxylic acid groups (broad SMARTS) is 1. The third-order valence-corrected chi connectivity index (χ3v) is 12.7. The number of hydrogen-bond donors (Lipinski definition) is 16. The predicted octanol–water partition coefficient (Wildman–Crippen LogP) is -5.35. The smallest absolute Gasteiger partial charge is 0.331 e. The van der Waals surface area contributed by atoms with Crippen molar-refractivity contribution in [3.05, 3.63) is 47.0 Å². The molecule has 0 aromatic heterocycles. The Hall–Kier alpha value is -7.13. The quantitative estimate of drug-likeness (QED) is 0.0127. The molecule has 1 aliphatic rings. The number of carboxylic acids is 1. The van der Waals surface area contributed by atoms with Crippen LogP contribution in [0.3, 0.4) is 0 Å². The average molecular weight is 1100 g/mol. The molecule has 0 saturated carbocycles. The number of aliphatic hydroxyl groups excluding tert-OH is 1. The van der Waals surface area contributed by atoms with Gasteiger partial charge in [-0.25, -0.2) is 4.79 Å². The van der Waals surface area contributed by atoms with Gasteiger partial charge < -0.3 is 92.9 Å². The number of nitrogens with one attached hydrogen (secondary N) is 6. The van der Waals surface area contributed by atoms with Crippen LogP contribution >= 0.6 is 0 Å². The van der Waals surface area contributed by atoms with E-state index in [1.807, 2.05) is 6.07 Å². The summed E-state index contributed by atoms with van der Waals surface area (Å²) in [5.41, 5.74) is 45.9. The molecular formula is C50H83N17O11. The Morgan fingerprint density at radius 2 is 1.37 bits per heavy atom. The van der Waals surface area contributed by atoms with E-state index >= 15 is 0 Å². The molecule has 0 bridgehead atoms. The van der Waals surface area contributed by atoms with Crippen molar-refractivity contribution in [3.63, 3.8) is 0 Å².